The van der Waals surface area contributed by atoms with Crippen LogP contribution in [0.25, 0.3) is 0 Å². The molecule has 1 aromatic rings. The Kier molecular flexibility index (Phi) is 3.50. The fourth-order valence-corrected chi connectivity index (χ4v) is 3.30. The number of thiazole rings is 1. The standard InChI is InChI=1S/C12H18BNS/c1-10-9-15-11(14-10)12(13)7-5-3-2-4-6-8-12/h9H,2-8H2,1H3. The molecule has 0 aliphatic heterocycles. The molecule has 1 aliphatic carbocycles. The molecule has 1 aliphatic rings. The molecule has 1 saturated carbocycles. The summed E-state index contributed by atoms with van der Waals surface area (Å²) in [7, 11) is 6.51. The second-order valence-electron chi connectivity index (χ2n) is 4.72. The van der Waals surface area contributed by atoms with Gasteiger partial charge in [0.25, 0.3) is 0 Å². The molecule has 0 atom stereocenters. The van der Waals surface area contributed by atoms with Gasteiger partial charge < -0.3 is 0 Å². The van der Waals surface area contributed by atoms with Crippen LogP contribution in [0.1, 0.15) is 55.6 Å². The maximum Gasteiger partial charge on any atom is 0.0902 e. The van der Waals surface area contributed by atoms with E-state index in [4.69, 9.17) is 7.85 Å². The van der Waals surface area contributed by atoms with Crippen LogP contribution >= 0.6 is 11.3 Å². The van der Waals surface area contributed by atoms with Crippen molar-refractivity contribution in [2.24, 2.45) is 0 Å². The zero-order valence-electron chi connectivity index (χ0n) is 9.46. The van der Waals surface area contributed by atoms with Gasteiger partial charge in [0, 0.05) is 11.1 Å². The molecule has 2 rings (SSSR count). The van der Waals surface area contributed by atoms with Crippen LogP contribution in [-0.4, -0.2) is 12.8 Å². The van der Waals surface area contributed by atoms with Crippen LogP contribution in [-0.2, 0) is 5.31 Å². The van der Waals surface area contributed by atoms with Gasteiger partial charge >= 0.3 is 0 Å². The van der Waals surface area contributed by atoms with Gasteiger partial charge in [-0.1, -0.05) is 32.1 Å². The van der Waals surface area contributed by atoms with Crippen LogP contribution in [0, 0.1) is 6.92 Å². The first-order valence-corrected chi connectivity index (χ1v) is 6.80. The predicted octanol–water partition coefficient (Wildman–Crippen LogP) is 3.56. The average molecular weight is 219 g/mol. The highest BCUT2D eigenvalue weighted by Crippen LogP contribution is 2.36. The normalized spacial score (nSPS) is 21.9. The summed E-state index contributed by atoms with van der Waals surface area (Å²) in [6.45, 7) is 2.05. The summed E-state index contributed by atoms with van der Waals surface area (Å²) in [5.41, 5.74) is 1.11. The lowest BCUT2D eigenvalue weighted by Crippen LogP contribution is -2.27. The maximum absolute atomic E-state index is 6.51. The Morgan fingerprint density at radius 1 is 1.20 bits per heavy atom. The maximum atomic E-state index is 6.51. The number of aromatic nitrogens is 1. The Bertz CT molecular complexity index is 313. The predicted molar refractivity (Wildman–Crippen MR) is 66.6 cm³/mol. The van der Waals surface area contributed by atoms with Gasteiger partial charge in [-0.05, 0) is 25.1 Å². The number of hydrogen-bond donors (Lipinski definition) is 0. The molecule has 0 bridgehead atoms. The van der Waals surface area contributed by atoms with Crippen molar-refractivity contribution >= 4 is 19.2 Å². The SMILES string of the molecule is [B]C1(c2nc(C)cs2)CCCCCCC1. The lowest BCUT2D eigenvalue weighted by atomic mass is 9.62. The summed E-state index contributed by atoms with van der Waals surface area (Å²) in [5, 5.41) is 3.14. The van der Waals surface area contributed by atoms with Gasteiger partial charge in [0.15, 0.2) is 0 Å². The van der Waals surface area contributed by atoms with E-state index in [0.717, 1.165) is 23.5 Å². The van der Waals surface area contributed by atoms with Crippen LogP contribution in [0.2, 0.25) is 0 Å². The number of aryl methyl sites for hydroxylation is 1. The van der Waals surface area contributed by atoms with E-state index in [9.17, 15) is 0 Å². The van der Waals surface area contributed by atoms with E-state index in [-0.39, 0.29) is 5.31 Å². The van der Waals surface area contributed by atoms with Crippen molar-refractivity contribution in [3.8, 4) is 0 Å². The molecular formula is C12H18BNS. The van der Waals surface area contributed by atoms with E-state index in [1.807, 2.05) is 6.92 Å². The van der Waals surface area contributed by atoms with Crippen LogP contribution in [0.3, 0.4) is 0 Å². The average Bonchev–Trinajstić information content (AvgIpc) is 2.59. The van der Waals surface area contributed by atoms with E-state index >= 15 is 0 Å². The Hall–Kier alpha value is -0.305. The Morgan fingerprint density at radius 2 is 1.80 bits per heavy atom. The number of rotatable bonds is 1. The largest absolute Gasteiger partial charge is 0.247 e. The monoisotopic (exact) mass is 219 g/mol. The molecule has 80 valence electrons. The van der Waals surface area contributed by atoms with E-state index in [2.05, 4.69) is 10.4 Å². The molecule has 0 spiro atoms. The first-order chi connectivity index (χ1) is 7.21. The third kappa shape index (κ3) is 2.63. The number of nitrogens with zero attached hydrogens (tertiary/aromatic N) is 1. The van der Waals surface area contributed by atoms with Gasteiger partial charge in [0.2, 0.25) is 0 Å². The Labute approximate surface area is 97.7 Å². The number of hydrogen-bond acceptors (Lipinski definition) is 2. The molecule has 15 heavy (non-hydrogen) atoms. The molecule has 2 radical (unpaired) electrons. The lowest BCUT2D eigenvalue weighted by Gasteiger charge is -2.30. The van der Waals surface area contributed by atoms with Gasteiger partial charge in [0.05, 0.1) is 12.9 Å². The van der Waals surface area contributed by atoms with E-state index in [1.165, 1.54) is 32.1 Å². The van der Waals surface area contributed by atoms with Crippen molar-refractivity contribution < 1.29 is 0 Å². The molecular weight excluding hydrogens is 201 g/mol. The molecule has 0 aromatic carbocycles. The minimum Gasteiger partial charge on any atom is -0.247 e. The van der Waals surface area contributed by atoms with Crippen LogP contribution < -0.4 is 0 Å². The minimum atomic E-state index is -0.126. The fraction of sp³-hybridized carbons (Fsp3) is 0.750. The molecule has 1 aromatic heterocycles. The summed E-state index contributed by atoms with van der Waals surface area (Å²) >= 11 is 1.73. The molecule has 1 heterocycles. The van der Waals surface area contributed by atoms with Gasteiger partial charge in [0.1, 0.15) is 0 Å². The second-order valence-corrected chi connectivity index (χ2v) is 5.58. The molecule has 1 fully saturated rings. The topological polar surface area (TPSA) is 12.9 Å². The summed E-state index contributed by atoms with van der Waals surface area (Å²) in [6.07, 6.45) is 8.80. The van der Waals surface area contributed by atoms with Crippen molar-refractivity contribution in [1.82, 2.24) is 4.98 Å². The third-order valence-corrected chi connectivity index (χ3v) is 4.47. The zero-order valence-corrected chi connectivity index (χ0v) is 10.3. The first kappa shape index (κ1) is 11.2. The van der Waals surface area contributed by atoms with Crippen LogP contribution in [0.15, 0.2) is 5.38 Å². The third-order valence-electron chi connectivity index (χ3n) is 3.29. The molecule has 0 saturated heterocycles. The van der Waals surface area contributed by atoms with E-state index in [1.54, 1.807) is 11.3 Å². The first-order valence-electron chi connectivity index (χ1n) is 5.92. The molecule has 3 heteroatoms. The molecule has 0 unspecified atom stereocenters. The van der Waals surface area contributed by atoms with Gasteiger partial charge in [-0.25, -0.2) is 4.98 Å². The quantitative estimate of drug-likeness (QED) is 0.658. The van der Waals surface area contributed by atoms with E-state index < -0.39 is 0 Å². The second kappa shape index (κ2) is 4.69. The van der Waals surface area contributed by atoms with Crippen molar-refractivity contribution in [2.75, 3.05) is 0 Å². The zero-order chi connectivity index (χ0) is 10.7. The lowest BCUT2D eigenvalue weighted by molar-refractivity contribution is 0.414. The highest BCUT2D eigenvalue weighted by Gasteiger charge is 2.28. The van der Waals surface area contributed by atoms with Gasteiger partial charge in [-0.15, -0.1) is 11.3 Å². The van der Waals surface area contributed by atoms with Crippen molar-refractivity contribution in [3.63, 3.8) is 0 Å². The smallest absolute Gasteiger partial charge is 0.0902 e. The summed E-state index contributed by atoms with van der Waals surface area (Å²) < 4.78 is 0. The summed E-state index contributed by atoms with van der Waals surface area (Å²) in [4.78, 5) is 4.57. The van der Waals surface area contributed by atoms with Gasteiger partial charge in [-0.3, -0.25) is 0 Å². The molecule has 0 amide bonds. The Morgan fingerprint density at radius 3 is 2.33 bits per heavy atom. The van der Waals surface area contributed by atoms with Gasteiger partial charge in [-0.2, -0.15) is 0 Å². The minimum absolute atomic E-state index is 0.126. The Balaban J connectivity index is 2.15. The fourth-order valence-electron chi connectivity index (χ4n) is 2.33. The van der Waals surface area contributed by atoms with E-state index in [0.29, 0.717) is 0 Å². The molecule has 0 N–H and O–H groups in total. The van der Waals surface area contributed by atoms with Crippen molar-refractivity contribution in [2.45, 2.75) is 57.2 Å². The van der Waals surface area contributed by atoms with Crippen molar-refractivity contribution in [3.05, 3.63) is 16.1 Å². The highest BCUT2D eigenvalue weighted by molar-refractivity contribution is 7.10. The highest BCUT2D eigenvalue weighted by atomic mass is 32.1. The van der Waals surface area contributed by atoms with Crippen molar-refractivity contribution in [1.29, 1.82) is 0 Å². The van der Waals surface area contributed by atoms with Crippen LogP contribution in [0.5, 0.6) is 0 Å². The summed E-state index contributed by atoms with van der Waals surface area (Å²) in [6, 6.07) is 0. The van der Waals surface area contributed by atoms with Crippen LogP contribution in [0.4, 0.5) is 0 Å². The summed E-state index contributed by atoms with van der Waals surface area (Å²) in [5.74, 6) is 0. The molecule has 1 nitrogen and oxygen atoms in total.